The van der Waals surface area contributed by atoms with Gasteiger partial charge in [-0.15, -0.1) is 0 Å². The Bertz CT molecular complexity index is 1630. The van der Waals surface area contributed by atoms with Crippen LogP contribution < -0.4 is 20.1 Å². The van der Waals surface area contributed by atoms with Crippen LogP contribution in [0.4, 0.5) is 17.3 Å². The predicted octanol–water partition coefficient (Wildman–Crippen LogP) is 7.44. The molecule has 4 aromatic rings. The molecule has 0 bridgehead atoms. The molecular formula is C32H33Cl2N5O3. The van der Waals surface area contributed by atoms with E-state index in [1.54, 1.807) is 26.5 Å². The average molecular weight is 607 g/mol. The molecule has 0 radical (unpaired) electrons. The lowest BCUT2D eigenvalue weighted by Gasteiger charge is -2.19. The van der Waals surface area contributed by atoms with E-state index in [2.05, 4.69) is 33.2 Å². The van der Waals surface area contributed by atoms with Crippen LogP contribution in [0, 0.1) is 6.92 Å². The first kappa shape index (κ1) is 29.6. The van der Waals surface area contributed by atoms with Gasteiger partial charge in [-0.25, -0.2) is 9.97 Å². The van der Waals surface area contributed by atoms with E-state index < -0.39 is 0 Å². The summed E-state index contributed by atoms with van der Waals surface area (Å²) in [7, 11) is 3.08. The number of aryl methyl sites for hydroxylation is 1. The lowest BCUT2D eigenvalue weighted by atomic mass is 10.0. The third kappa shape index (κ3) is 6.31. The van der Waals surface area contributed by atoms with E-state index in [1.807, 2.05) is 31.2 Å². The smallest absolute Gasteiger partial charge is 0.247 e. The molecule has 8 nitrogen and oxygen atoms in total. The zero-order chi connectivity index (χ0) is 29.8. The normalized spacial score (nSPS) is 13.3. The molecule has 0 atom stereocenters. The summed E-state index contributed by atoms with van der Waals surface area (Å²) < 4.78 is 10.8. The van der Waals surface area contributed by atoms with Gasteiger partial charge >= 0.3 is 0 Å². The van der Waals surface area contributed by atoms with Crippen molar-refractivity contribution in [3.8, 4) is 22.6 Å². The second-order valence-corrected chi connectivity index (χ2v) is 11.0. The Morgan fingerprint density at radius 2 is 1.79 bits per heavy atom. The van der Waals surface area contributed by atoms with Gasteiger partial charge in [0.25, 0.3) is 0 Å². The van der Waals surface area contributed by atoms with Gasteiger partial charge in [-0.3, -0.25) is 4.79 Å². The number of methoxy groups -OCH3 is 2. The summed E-state index contributed by atoms with van der Waals surface area (Å²) in [6.07, 6.45) is 6.41. The van der Waals surface area contributed by atoms with Gasteiger partial charge in [-0.05, 0) is 80.2 Å². The van der Waals surface area contributed by atoms with Gasteiger partial charge in [0.15, 0.2) is 0 Å². The van der Waals surface area contributed by atoms with Crippen molar-refractivity contribution in [2.45, 2.75) is 26.2 Å². The third-order valence-corrected chi connectivity index (χ3v) is 8.18. The second kappa shape index (κ2) is 13.0. The molecule has 0 aliphatic carbocycles. The maximum atomic E-state index is 12.3. The Morgan fingerprint density at radius 3 is 2.45 bits per heavy atom. The van der Waals surface area contributed by atoms with E-state index >= 15 is 0 Å². The number of aromatic nitrogens is 2. The molecule has 1 aliphatic heterocycles. The summed E-state index contributed by atoms with van der Waals surface area (Å²) in [5.74, 6) is 1.03. The number of hydrogen-bond donors (Lipinski definition) is 2. The summed E-state index contributed by atoms with van der Waals surface area (Å²) in [4.78, 5) is 24.1. The Hall–Kier alpha value is -3.85. The molecule has 1 aromatic heterocycles. The molecule has 1 saturated heterocycles. The number of rotatable bonds is 10. The number of fused-ring (bicyclic) bond motifs is 1. The van der Waals surface area contributed by atoms with Crippen LogP contribution in [0.2, 0.25) is 10.0 Å². The molecular weight excluding hydrogens is 573 g/mol. The Morgan fingerprint density at radius 1 is 1.07 bits per heavy atom. The van der Waals surface area contributed by atoms with Crippen LogP contribution in [0.15, 0.2) is 55.3 Å². The van der Waals surface area contributed by atoms with E-state index in [0.29, 0.717) is 38.7 Å². The van der Waals surface area contributed by atoms with Gasteiger partial charge in [0.05, 0.1) is 41.2 Å². The number of carbonyl (C=O) groups is 1. The zero-order valence-electron chi connectivity index (χ0n) is 23.9. The van der Waals surface area contributed by atoms with Crippen LogP contribution in [0.5, 0.6) is 11.5 Å². The monoisotopic (exact) mass is 605 g/mol. The highest BCUT2D eigenvalue weighted by atomic mass is 35.5. The predicted molar refractivity (Wildman–Crippen MR) is 171 cm³/mol. The van der Waals surface area contributed by atoms with Gasteiger partial charge in [0.1, 0.15) is 11.5 Å². The summed E-state index contributed by atoms with van der Waals surface area (Å²) in [5, 5.41) is 7.83. The minimum atomic E-state index is -0.285. The first-order valence-electron chi connectivity index (χ1n) is 13.7. The Labute approximate surface area is 255 Å². The van der Waals surface area contributed by atoms with Crippen molar-refractivity contribution in [1.82, 2.24) is 14.9 Å². The van der Waals surface area contributed by atoms with Crippen LogP contribution in [0.1, 0.15) is 24.0 Å². The van der Waals surface area contributed by atoms with Crippen molar-refractivity contribution >= 4 is 57.3 Å². The fourth-order valence-electron chi connectivity index (χ4n) is 5.25. The number of likely N-dealkylation sites (tertiary alicyclic amines) is 1. The second-order valence-electron chi connectivity index (χ2n) is 10.2. The van der Waals surface area contributed by atoms with Gasteiger partial charge in [-0.1, -0.05) is 41.9 Å². The van der Waals surface area contributed by atoms with E-state index in [0.717, 1.165) is 59.3 Å². The molecule has 2 N–H and O–H groups in total. The molecule has 1 amide bonds. The molecule has 3 aromatic carbocycles. The number of ether oxygens (including phenoxy) is 2. The standard InChI is InChI=1S/C32H33Cl2N5O3/c1-5-27(40)36-24-15-20(10-13-39-11-6-7-12-39)14-19(2)31(24)38-32-35-18-22-16-21(8-9-23(22)37-32)28-29(33)25(41-3)17-26(42-4)30(28)34/h5,8-9,14-18H,1,6-7,10-13H2,2-4H3,(H,36,40)(H,35,37,38). The van der Waals surface area contributed by atoms with E-state index in [9.17, 15) is 4.79 Å². The minimum Gasteiger partial charge on any atom is -0.495 e. The lowest BCUT2D eigenvalue weighted by molar-refractivity contribution is -0.111. The van der Waals surface area contributed by atoms with Crippen LogP contribution in [0.25, 0.3) is 22.0 Å². The fraction of sp³-hybridized carbons (Fsp3) is 0.281. The van der Waals surface area contributed by atoms with Crippen molar-refractivity contribution in [3.63, 3.8) is 0 Å². The molecule has 10 heteroatoms. The van der Waals surface area contributed by atoms with E-state index in [-0.39, 0.29) is 5.91 Å². The first-order chi connectivity index (χ1) is 20.3. The Kier molecular flexibility index (Phi) is 9.16. The number of carbonyl (C=O) groups excluding carboxylic acids is 1. The highest BCUT2D eigenvalue weighted by Crippen LogP contribution is 2.46. The van der Waals surface area contributed by atoms with Crippen molar-refractivity contribution in [2.75, 3.05) is 44.5 Å². The quantitative estimate of drug-likeness (QED) is 0.182. The van der Waals surface area contributed by atoms with E-state index in [1.165, 1.54) is 18.9 Å². The molecule has 5 rings (SSSR count). The van der Waals surface area contributed by atoms with Crippen molar-refractivity contribution in [1.29, 1.82) is 0 Å². The van der Waals surface area contributed by atoms with Crippen molar-refractivity contribution < 1.29 is 14.3 Å². The Balaban J connectivity index is 1.45. The first-order valence-corrected chi connectivity index (χ1v) is 14.5. The summed E-state index contributed by atoms with van der Waals surface area (Å²) in [6.45, 7) is 8.90. The molecule has 218 valence electrons. The molecule has 42 heavy (non-hydrogen) atoms. The zero-order valence-corrected chi connectivity index (χ0v) is 25.4. The van der Waals surface area contributed by atoms with Gasteiger partial charge < -0.3 is 25.0 Å². The number of halogens is 2. The average Bonchev–Trinajstić information content (AvgIpc) is 3.52. The van der Waals surface area contributed by atoms with Crippen LogP contribution in [0.3, 0.4) is 0 Å². The van der Waals surface area contributed by atoms with Gasteiger partial charge in [0.2, 0.25) is 11.9 Å². The van der Waals surface area contributed by atoms with E-state index in [4.69, 9.17) is 37.7 Å². The minimum absolute atomic E-state index is 0.285. The number of hydrogen-bond acceptors (Lipinski definition) is 7. The fourth-order valence-corrected chi connectivity index (χ4v) is 5.97. The topological polar surface area (TPSA) is 88.6 Å². The maximum Gasteiger partial charge on any atom is 0.247 e. The van der Waals surface area contributed by atoms with Gasteiger partial charge in [0, 0.05) is 29.8 Å². The number of amides is 1. The number of nitrogens with one attached hydrogen (secondary N) is 2. The van der Waals surface area contributed by atoms with Crippen molar-refractivity contribution in [3.05, 3.63) is 76.4 Å². The highest BCUT2D eigenvalue weighted by molar-refractivity contribution is 6.41. The lowest BCUT2D eigenvalue weighted by Crippen LogP contribution is -2.22. The molecule has 1 fully saturated rings. The highest BCUT2D eigenvalue weighted by Gasteiger charge is 2.20. The van der Waals surface area contributed by atoms with Crippen LogP contribution >= 0.6 is 23.2 Å². The summed E-state index contributed by atoms with van der Waals surface area (Å²) in [6, 6.07) is 11.5. The molecule has 0 saturated carbocycles. The van der Waals surface area contributed by atoms with Crippen LogP contribution in [-0.4, -0.2) is 54.6 Å². The molecule has 0 unspecified atom stereocenters. The largest absolute Gasteiger partial charge is 0.495 e. The maximum absolute atomic E-state index is 12.3. The summed E-state index contributed by atoms with van der Waals surface area (Å²) in [5.41, 5.74) is 5.61. The number of anilines is 3. The van der Waals surface area contributed by atoms with Gasteiger partial charge in [-0.2, -0.15) is 0 Å². The molecule has 0 spiro atoms. The van der Waals surface area contributed by atoms with Crippen molar-refractivity contribution in [2.24, 2.45) is 0 Å². The van der Waals surface area contributed by atoms with Crippen LogP contribution in [-0.2, 0) is 11.2 Å². The summed E-state index contributed by atoms with van der Waals surface area (Å²) >= 11 is 13.3. The number of nitrogens with zero attached hydrogens (tertiary/aromatic N) is 3. The number of benzene rings is 3. The molecule has 2 heterocycles. The SMILES string of the molecule is C=CC(=O)Nc1cc(CCN2CCCC2)cc(C)c1Nc1ncc2cc(-c3c(Cl)c(OC)cc(OC)c3Cl)ccc2n1. The third-order valence-electron chi connectivity index (χ3n) is 7.43. The molecule has 1 aliphatic rings.